The molecule has 8 heteroatoms. The summed E-state index contributed by atoms with van der Waals surface area (Å²) in [6.45, 7) is 4.29. The van der Waals surface area contributed by atoms with Crippen LogP contribution in [0.2, 0.25) is 0 Å². The van der Waals surface area contributed by atoms with Gasteiger partial charge in [-0.2, -0.15) is 4.31 Å². The van der Waals surface area contributed by atoms with E-state index < -0.39 is 43.5 Å². The van der Waals surface area contributed by atoms with Gasteiger partial charge in [-0.1, -0.05) is 24.8 Å². The van der Waals surface area contributed by atoms with Crippen LogP contribution >= 0.6 is 0 Å². The molecular weight excluding hydrogens is 532 g/mol. The molecule has 0 spiro atoms. The molecule has 3 fully saturated rings. The van der Waals surface area contributed by atoms with E-state index in [2.05, 4.69) is 18.8 Å². The van der Waals surface area contributed by atoms with Crippen molar-refractivity contribution in [2.45, 2.75) is 94.5 Å². The molecule has 6 rings (SSSR count). The third-order valence-electron chi connectivity index (χ3n) is 10.6. The lowest BCUT2D eigenvalue weighted by atomic mass is 9.51. The number of piperidine rings is 1. The largest absolute Gasteiger partial charge is 0.377 e. The monoisotopic (exact) mass is 569 g/mol. The first-order valence-corrected chi connectivity index (χ1v) is 16.1. The van der Waals surface area contributed by atoms with E-state index in [4.69, 9.17) is 0 Å². The molecule has 0 amide bonds. The smallest absolute Gasteiger partial charge is 0.248 e. The summed E-state index contributed by atoms with van der Waals surface area (Å²) in [7, 11) is -4.31. The molecular formula is C32H37F2NO4S. The molecule has 0 radical (unpaired) electrons. The Balaban J connectivity index is 1.50. The van der Waals surface area contributed by atoms with E-state index in [1.165, 1.54) is 16.4 Å². The van der Waals surface area contributed by atoms with Crippen LogP contribution in [0.25, 0.3) is 0 Å². The lowest BCUT2D eigenvalue weighted by molar-refractivity contribution is -0.114. The van der Waals surface area contributed by atoms with E-state index in [-0.39, 0.29) is 30.7 Å². The Kier molecular flexibility index (Phi) is 6.88. The first-order valence-electron chi connectivity index (χ1n) is 14.6. The van der Waals surface area contributed by atoms with Crippen LogP contribution < -0.4 is 0 Å². The highest BCUT2D eigenvalue weighted by Gasteiger charge is 2.62. The lowest BCUT2D eigenvalue weighted by Crippen LogP contribution is -2.51. The topological polar surface area (TPSA) is 74.7 Å². The number of rotatable bonds is 3. The molecule has 1 heterocycles. The molecule has 1 aliphatic heterocycles. The van der Waals surface area contributed by atoms with Crippen LogP contribution in [0.3, 0.4) is 0 Å². The van der Waals surface area contributed by atoms with Gasteiger partial charge in [-0.05, 0) is 105 Å². The molecule has 40 heavy (non-hydrogen) atoms. The fraction of sp³-hybridized carbons (Fsp3) is 0.594. The highest BCUT2D eigenvalue weighted by atomic mass is 32.2. The average Bonchev–Trinajstić information content (AvgIpc) is 3.18. The van der Waals surface area contributed by atoms with Crippen molar-refractivity contribution in [3.63, 3.8) is 0 Å². The van der Waals surface area contributed by atoms with Gasteiger partial charge in [-0.25, -0.2) is 17.2 Å². The molecule has 0 aromatic heterocycles. The fourth-order valence-corrected chi connectivity index (χ4v) is 10.2. The molecule has 1 saturated heterocycles. The second-order valence-electron chi connectivity index (χ2n) is 12.5. The summed E-state index contributed by atoms with van der Waals surface area (Å²) in [6, 6.07) is 2.40. The number of sulfonamides is 1. The molecule has 1 N–H and O–H groups in total. The van der Waals surface area contributed by atoms with Crippen molar-refractivity contribution in [3.05, 3.63) is 52.1 Å². The molecule has 214 valence electrons. The number of carbonyl (C=O) groups excluding carboxylic acids is 1. The Morgan fingerprint density at radius 2 is 1.75 bits per heavy atom. The normalized spacial score (nSPS) is 34.4. The number of ketones is 1. The van der Waals surface area contributed by atoms with Crippen LogP contribution in [0.1, 0.15) is 89.5 Å². The minimum absolute atomic E-state index is 0.0969. The highest BCUT2D eigenvalue weighted by molar-refractivity contribution is 7.89. The van der Waals surface area contributed by atoms with Gasteiger partial charge in [0.15, 0.2) is 10.7 Å². The third kappa shape index (κ3) is 4.15. The maximum atomic E-state index is 15.8. The Bertz CT molecular complexity index is 1470. The zero-order valence-corrected chi connectivity index (χ0v) is 24.0. The number of halogens is 2. The van der Waals surface area contributed by atoms with Crippen molar-refractivity contribution in [2.75, 3.05) is 13.1 Å². The summed E-state index contributed by atoms with van der Waals surface area (Å²) in [5.74, 6) is 3.78. The number of fused-ring (bicyclic) bond motifs is 4. The molecule has 0 unspecified atom stereocenters. The summed E-state index contributed by atoms with van der Waals surface area (Å²) in [6.07, 6.45) is 8.33. The molecule has 1 aromatic carbocycles. The Morgan fingerprint density at radius 1 is 1.05 bits per heavy atom. The first kappa shape index (κ1) is 27.8. The number of aliphatic hydroxyl groups is 1. The maximum absolute atomic E-state index is 15.8. The van der Waals surface area contributed by atoms with Crippen molar-refractivity contribution < 1.29 is 27.1 Å². The van der Waals surface area contributed by atoms with Crippen LogP contribution in [0.4, 0.5) is 8.78 Å². The zero-order chi connectivity index (χ0) is 28.4. The molecule has 4 aliphatic carbocycles. The molecule has 0 bridgehead atoms. The SMILES string of the molecule is CC#C[C@]1(O)CC[C@H]2[C@@H]3CCC4=CC(=O)CCC4=C3[C@@H](c3cc(F)c(S(=O)(=O)N4CCCCC4)c(F)c3)C[C@@]21C. The van der Waals surface area contributed by atoms with Gasteiger partial charge in [0.2, 0.25) is 10.0 Å². The van der Waals surface area contributed by atoms with Gasteiger partial charge in [-0.15, -0.1) is 5.92 Å². The van der Waals surface area contributed by atoms with Crippen LogP contribution in [-0.2, 0) is 14.8 Å². The molecule has 5 aliphatic rings. The number of benzene rings is 1. The minimum Gasteiger partial charge on any atom is -0.377 e. The van der Waals surface area contributed by atoms with E-state index in [0.717, 1.165) is 42.4 Å². The number of allylic oxidation sites excluding steroid dienone is 4. The predicted octanol–water partition coefficient (Wildman–Crippen LogP) is 5.79. The van der Waals surface area contributed by atoms with E-state index in [1.54, 1.807) is 13.0 Å². The maximum Gasteiger partial charge on any atom is 0.248 e. The average molecular weight is 570 g/mol. The molecule has 5 nitrogen and oxygen atoms in total. The van der Waals surface area contributed by atoms with E-state index >= 15 is 8.78 Å². The second kappa shape index (κ2) is 9.89. The number of hydrogen-bond acceptors (Lipinski definition) is 4. The number of nitrogens with zero attached hydrogens (tertiary/aromatic N) is 1. The van der Waals surface area contributed by atoms with Gasteiger partial charge in [0, 0.05) is 30.8 Å². The second-order valence-corrected chi connectivity index (χ2v) is 14.4. The number of carbonyl (C=O) groups is 1. The van der Waals surface area contributed by atoms with Gasteiger partial charge >= 0.3 is 0 Å². The molecule has 5 atom stereocenters. The Morgan fingerprint density at radius 3 is 2.42 bits per heavy atom. The standard InChI is InChI=1S/C32H37F2NO4S/c1-3-12-32(37)13-11-26-24-9-7-20-16-22(36)8-10-23(20)29(24)25(19-31(26,32)2)21-17-27(33)30(28(34)18-21)40(38,39)35-14-5-4-6-15-35/h16-18,24-26,37H,4-11,13-15,19H2,1-2H3/t24-,25+,26-,31-,32-/m0/s1. The van der Waals surface area contributed by atoms with Crippen molar-refractivity contribution in [1.29, 1.82) is 0 Å². The molecule has 1 aromatic rings. The van der Waals surface area contributed by atoms with Crippen molar-refractivity contribution in [3.8, 4) is 11.8 Å². The summed E-state index contributed by atoms with van der Waals surface area (Å²) in [5.41, 5.74) is 1.82. The van der Waals surface area contributed by atoms with Crippen LogP contribution in [0.5, 0.6) is 0 Å². The van der Waals surface area contributed by atoms with E-state index in [0.29, 0.717) is 44.1 Å². The summed E-state index contributed by atoms with van der Waals surface area (Å²) >= 11 is 0. The summed E-state index contributed by atoms with van der Waals surface area (Å²) in [4.78, 5) is 11.4. The van der Waals surface area contributed by atoms with Gasteiger partial charge in [0.25, 0.3) is 0 Å². The van der Waals surface area contributed by atoms with Gasteiger partial charge in [0.05, 0.1) is 0 Å². The third-order valence-corrected chi connectivity index (χ3v) is 12.5. The fourth-order valence-electron chi connectivity index (χ4n) is 8.64. The van der Waals surface area contributed by atoms with Crippen LogP contribution in [0, 0.1) is 40.7 Å². The van der Waals surface area contributed by atoms with Crippen molar-refractivity contribution in [2.24, 2.45) is 17.3 Å². The Labute approximate surface area is 235 Å². The van der Waals surface area contributed by atoms with Gasteiger partial charge in [-0.3, -0.25) is 4.79 Å². The Hall–Kier alpha value is -2.34. The van der Waals surface area contributed by atoms with Gasteiger partial charge < -0.3 is 5.11 Å². The highest BCUT2D eigenvalue weighted by Crippen LogP contribution is 2.66. The predicted molar refractivity (Wildman–Crippen MR) is 148 cm³/mol. The lowest BCUT2D eigenvalue weighted by Gasteiger charge is -2.53. The van der Waals surface area contributed by atoms with Crippen molar-refractivity contribution in [1.82, 2.24) is 4.31 Å². The van der Waals surface area contributed by atoms with Gasteiger partial charge in [0.1, 0.15) is 17.2 Å². The first-order chi connectivity index (χ1) is 19.0. The summed E-state index contributed by atoms with van der Waals surface area (Å²) < 4.78 is 59.3. The van der Waals surface area contributed by atoms with E-state index in [9.17, 15) is 18.3 Å². The van der Waals surface area contributed by atoms with E-state index in [1.807, 2.05) is 0 Å². The zero-order valence-electron chi connectivity index (χ0n) is 23.2. The number of hydrogen-bond donors (Lipinski definition) is 1. The molecule has 2 saturated carbocycles. The quantitative estimate of drug-likeness (QED) is 0.468. The van der Waals surface area contributed by atoms with Crippen molar-refractivity contribution >= 4 is 15.8 Å². The van der Waals surface area contributed by atoms with Crippen LogP contribution in [0.15, 0.2) is 39.8 Å². The van der Waals surface area contributed by atoms with Crippen LogP contribution in [-0.4, -0.2) is 42.3 Å². The minimum atomic E-state index is -4.31. The summed E-state index contributed by atoms with van der Waals surface area (Å²) in [5, 5.41) is 11.8.